The number of carboxylic acids is 1. The molecule has 0 saturated carbocycles. The van der Waals surface area contributed by atoms with Crippen molar-refractivity contribution < 1.29 is 104 Å². The van der Waals surface area contributed by atoms with Gasteiger partial charge in [-0.1, -0.05) is 230 Å². The van der Waals surface area contributed by atoms with Crippen LogP contribution in [0.1, 0.15) is 265 Å². The predicted octanol–water partition coefficient (Wildman–Crippen LogP) is 7.79. The molecule has 18 unspecified atom stereocenters. The number of carbonyl (C=O) groups excluding carboxylic acids is 2. The summed E-state index contributed by atoms with van der Waals surface area (Å²) in [5.41, 5.74) is 0. The number of aliphatic hydroxyl groups is 11. The van der Waals surface area contributed by atoms with E-state index >= 15 is 0 Å². The highest BCUT2D eigenvalue weighted by molar-refractivity contribution is 5.77. The SMILES string of the molecule is CCCCCCCCCCC/C=C\C/C=C\CCCCCCCCCC(=O)NC(COC1OC(CO)C(OC2OC(CO)C(O)C(OC3(C(=O)O)CC(O)C(NC(C)=O)C(C(O)C(O)CO)O3)C2O)C(O)C1O)C(O)/C=C/CCCCCCCCCCCCCCCCCC. The molecule has 554 valence electrons. The van der Waals surface area contributed by atoms with E-state index in [4.69, 9.17) is 28.4 Å². The lowest BCUT2D eigenvalue weighted by molar-refractivity contribution is -0.386. The van der Waals surface area contributed by atoms with Crippen molar-refractivity contribution in [3.63, 3.8) is 0 Å². The number of unbranched alkanes of at least 4 members (excludes halogenated alkanes) is 32. The van der Waals surface area contributed by atoms with E-state index in [9.17, 15) is 75.7 Å². The zero-order valence-electron chi connectivity index (χ0n) is 58.0. The lowest BCUT2D eigenvalue weighted by Crippen LogP contribution is -2.70. The third kappa shape index (κ3) is 33.8. The monoisotopic (exact) mass is 1360 g/mol. The minimum absolute atomic E-state index is 0.191. The number of carbonyl (C=O) groups is 3. The maximum absolute atomic E-state index is 13.5. The first-order chi connectivity index (χ1) is 45.9. The van der Waals surface area contributed by atoms with Crippen LogP contribution >= 0.6 is 0 Å². The van der Waals surface area contributed by atoms with Gasteiger partial charge in [-0.15, -0.1) is 0 Å². The summed E-state index contributed by atoms with van der Waals surface area (Å²) < 4.78 is 34.8. The first-order valence-corrected chi connectivity index (χ1v) is 36.9. The second-order valence-electron chi connectivity index (χ2n) is 26.8. The number of aliphatic carboxylic acids is 1. The molecule has 3 rings (SSSR count). The lowest BCUT2D eigenvalue weighted by Gasteiger charge is -2.50. The zero-order valence-corrected chi connectivity index (χ0v) is 58.0. The van der Waals surface area contributed by atoms with Gasteiger partial charge in [-0.2, -0.15) is 0 Å². The molecule has 0 aromatic heterocycles. The predicted molar refractivity (Wildman–Crippen MR) is 361 cm³/mol. The van der Waals surface area contributed by atoms with Gasteiger partial charge in [0.05, 0.1) is 50.7 Å². The summed E-state index contributed by atoms with van der Waals surface area (Å²) in [4.78, 5) is 38.6. The first-order valence-electron chi connectivity index (χ1n) is 36.9. The maximum Gasteiger partial charge on any atom is 0.364 e. The molecule has 3 fully saturated rings. The Kier molecular flexibility index (Phi) is 47.2. The van der Waals surface area contributed by atoms with Crippen molar-refractivity contribution in [3.8, 4) is 0 Å². The molecule has 23 heteroatoms. The molecule has 0 aromatic rings. The second kappa shape index (κ2) is 52.0. The third-order valence-corrected chi connectivity index (χ3v) is 18.6. The summed E-state index contributed by atoms with van der Waals surface area (Å²) in [6, 6.07) is -2.63. The molecule has 18 atom stereocenters. The Morgan fingerprint density at radius 1 is 0.558 bits per heavy atom. The van der Waals surface area contributed by atoms with Gasteiger partial charge in [-0.05, 0) is 51.4 Å². The van der Waals surface area contributed by atoms with E-state index in [-0.39, 0.29) is 12.3 Å². The van der Waals surface area contributed by atoms with Crippen LogP contribution in [0.3, 0.4) is 0 Å². The first kappa shape index (κ1) is 86.2. The maximum atomic E-state index is 13.5. The van der Waals surface area contributed by atoms with Gasteiger partial charge < -0.3 is 100 Å². The molecule has 3 heterocycles. The molecule has 3 aliphatic rings. The van der Waals surface area contributed by atoms with Crippen molar-refractivity contribution in [1.29, 1.82) is 0 Å². The number of rotatable bonds is 56. The Hall–Kier alpha value is -3.05. The molecule has 0 aliphatic carbocycles. The van der Waals surface area contributed by atoms with Crippen molar-refractivity contribution in [2.45, 2.75) is 375 Å². The Labute approximate surface area is 567 Å². The number of hydrogen-bond donors (Lipinski definition) is 14. The zero-order chi connectivity index (χ0) is 69.6. The van der Waals surface area contributed by atoms with Gasteiger partial charge in [0, 0.05) is 19.8 Å². The van der Waals surface area contributed by atoms with E-state index in [0.717, 1.165) is 84.0 Å². The van der Waals surface area contributed by atoms with Crippen LogP contribution in [0.2, 0.25) is 0 Å². The van der Waals surface area contributed by atoms with Crippen molar-refractivity contribution in [1.82, 2.24) is 10.6 Å². The third-order valence-electron chi connectivity index (χ3n) is 18.6. The fourth-order valence-corrected chi connectivity index (χ4v) is 12.7. The van der Waals surface area contributed by atoms with E-state index in [1.54, 1.807) is 6.08 Å². The van der Waals surface area contributed by atoms with Crippen LogP contribution in [0.4, 0.5) is 0 Å². The summed E-state index contributed by atoms with van der Waals surface area (Å²) in [7, 11) is 0. The fourth-order valence-electron chi connectivity index (χ4n) is 12.7. The number of allylic oxidation sites excluding steroid dienone is 5. The van der Waals surface area contributed by atoms with Gasteiger partial charge in [0.15, 0.2) is 12.6 Å². The summed E-state index contributed by atoms with van der Waals surface area (Å²) in [5, 5.41) is 136. The second-order valence-corrected chi connectivity index (χ2v) is 26.8. The normalized spacial score (nSPS) is 27.9. The van der Waals surface area contributed by atoms with Gasteiger partial charge >= 0.3 is 5.97 Å². The van der Waals surface area contributed by atoms with E-state index in [0.29, 0.717) is 12.8 Å². The topological polar surface area (TPSA) is 373 Å². The van der Waals surface area contributed by atoms with E-state index < -0.39 is 155 Å². The van der Waals surface area contributed by atoms with Crippen LogP contribution in [0.5, 0.6) is 0 Å². The Bertz CT molecular complexity index is 2060. The fraction of sp³-hybridized carbons (Fsp3) is 0.875. The molecule has 0 radical (unpaired) electrons. The van der Waals surface area contributed by atoms with Crippen LogP contribution in [-0.4, -0.2) is 215 Å². The molecule has 2 amide bonds. The largest absolute Gasteiger partial charge is 0.477 e. The van der Waals surface area contributed by atoms with Gasteiger partial charge in [0.1, 0.15) is 67.1 Å². The van der Waals surface area contributed by atoms with Crippen molar-refractivity contribution in [2.75, 3.05) is 26.4 Å². The highest BCUT2D eigenvalue weighted by Crippen LogP contribution is 2.39. The van der Waals surface area contributed by atoms with Crippen molar-refractivity contribution >= 4 is 17.8 Å². The summed E-state index contributed by atoms with van der Waals surface area (Å²) >= 11 is 0. The van der Waals surface area contributed by atoms with Gasteiger partial charge in [0.2, 0.25) is 11.8 Å². The number of amides is 2. The van der Waals surface area contributed by atoms with Crippen molar-refractivity contribution in [2.24, 2.45) is 0 Å². The average Bonchev–Trinajstić information content (AvgIpc) is 0.757. The smallest absolute Gasteiger partial charge is 0.364 e. The summed E-state index contributed by atoms with van der Waals surface area (Å²) in [6.07, 6.45) is 26.0. The van der Waals surface area contributed by atoms with Gasteiger partial charge in [0.25, 0.3) is 5.79 Å². The molecule has 95 heavy (non-hydrogen) atoms. The van der Waals surface area contributed by atoms with E-state index in [1.165, 1.54) is 141 Å². The molecule has 0 bridgehead atoms. The van der Waals surface area contributed by atoms with Crippen LogP contribution in [0.25, 0.3) is 0 Å². The van der Waals surface area contributed by atoms with E-state index in [1.807, 2.05) is 6.08 Å². The van der Waals surface area contributed by atoms with Gasteiger partial charge in [-0.25, -0.2) is 4.79 Å². The molecular formula is C72H130N2O21. The van der Waals surface area contributed by atoms with Crippen molar-refractivity contribution in [3.05, 3.63) is 36.5 Å². The van der Waals surface area contributed by atoms with Crippen LogP contribution < -0.4 is 10.6 Å². The highest BCUT2D eigenvalue weighted by atomic mass is 16.8. The quantitative estimate of drug-likeness (QED) is 0.0204. The Morgan fingerprint density at radius 2 is 1.02 bits per heavy atom. The Balaban J connectivity index is 1.58. The number of aliphatic hydroxyl groups excluding tert-OH is 11. The number of carboxylic acid groups (broad SMARTS) is 1. The van der Waals surface area contributed by atoms with E-state index in [2.05, 4.69) is 48.8 Å². The van der Waals surface area contributed by atoms with Crippen LogP contribution in [0.15, 0.2) is 36.5 Å². The summed E-state index contributed by atoms with van der Waals surface area (Å²) in [6.45, 7) is 2.14. The number of hydrogen-bond acceptors (Lipinski definition) is 20. The van der Waals surface area contributed by atoms with Crippen LogP contribution in [-0.2, 0) is 42.8 Å². The molecular weight excluding hydrogens is 1230 g/mol. The molecule has 3 aliphatic heterocycles. The van der Waals surface area contributed by atoms with Crippen LogP contribution in [0, 0.1) is 0 Å². The summed E-state index contributed by atoms with van der Waals surface area (Å²) in [5.74, 6) is -6.15. The molecule has 3 saturated heterocycles. The van der Waals surface area contributed by atoms with Gasteiger partial charge in [-0.3, -0.25) is 9.59 Å². The number of nitrogens with one attached hydrogen (secondary N) is 2. The lowest BCUT2D eigenvalue weighted by atomic mass is 9.88. The molecule has 23 nitrogen and oxygen atoms in total. The Morgan fingerprint density at radius 3 is 1.48 bits per heavy atom. The standard InChI is InChI=1S/C72H130N2O21/c1-4-6-8-10-12-14-16-18-20-22-24-25-26-27-28-30-32-34-36-38-40-42-44-46-59(82)74-53(54(79)45-43-41-39-37-35-33-31-29-23-21-19-17-15-13-11-9-7-5-2)51-90-69-64(86)63(85)66(58(50-77)92-69)93-70-65(87)68(62(84)57(49-76)91-70)95-72(71(88)89)47-55(80)60(73-52(3)78)67(94-72)61(83)56(81)48-75/h24-25,27-28,43,45,53-58,60-70,75-77,79-81,83-87H,4-23,26,29-42,44,46-51H2,1-3H3,(H,73,78)(H,74,82)(H,88,89)/b25-24-,28-27-,45-43+. The molecule has 0 aromatic carbocycles. The highest BCUT2D eigenvalue weighted by Gasteiger charge is 2.60. The molecule has 14 N–H and O–H groups in total. The number of ether oxygens (including phenoxy) is 6. The minimum atomic E-state index is -3.08. The average molecular weight is 1360 g/mol. The minimum Gasteiger partial charge on any atom is -0.477 e. The molecule has 0 spiro atoms.